The highest BCUT2D eigenvalue weighted by Crippen LogP contribution is 2.38. The number of hydrogen-bond acceptors (Lipinski definition) is 4. The first kappa shape index (κ1) is 15.2. The number of hydrogen-bond donors (Lipinski definition) is 2. The molecule has 2 fully saturated rings. The Balaban J connectivity index is 1.82. The Morgan fingerprint density at radius 1 is 1.55 bits per heavy atom. The predicted molar refractivity (Wildman–Crippen MR) is 75.6 cm³/mol. The fraction of sp³-hybridized carbons (Fsp3) is 0.769. The Bertz CT molecular complexity index is 429. The molecule has 1 saturated heterocycles. The topological polar surface area (TPSA) is 86.7 Å². The molecule has 2 amide bonds. The van der Waals surface area contributed by atoms with Crippen LogP contribution in [0.15, 0.2) is 0 Å². The van der Waals surface area contributed by atoms with E-state index in [-0.39, 0.29) is 23.6 Å². The van der Waals surface area contributed by atoms with Gasteiger partial charge in [-0.1, -0.05) is 18.2 Å². The van der Waals surface area contributed by atoms with Crippen LogP contribution in [0.25, 0.3) is 0 Å². The minimum atomic E-state index is -0.866. The molecule has 1 saturated carbocycles. The van der Waals surface area contributed by atoms with Crippen LogP contribution in [-0.4, -0.2) is 52.0 Å². The normalized spacial score (nSPS) is 29.8. The molecule has 0 bridgehead atoms. The zero-order valence-electron chi connectivity index (χ0n) is 11.6. The maximum Gasteiger partial charge on any atom is 0.311 e. The Morgan fingerprint density at radius 3 is 2.90 bits per heavy atom. The van der Waals surface area contributed by atoms with Gasteiger partial charge in [0.05, 0.1) is 5.41 Å². The van der Waals surface area contributed by atoms with E-state index in [1.165, 1.54) is 11.8 Å². The number of carbonyl (C=O) groups is 3. The highest BCUT2D eigenvalue weighted by molar-refractivity contribution is 8.13. The molecule has 1 aliphatic carbocycles. The highest BCUT2D eigenvalue weighted by atomic mass is 32.2. The molecular weight excluding hydrogens is 280 g/mol. The Kier molecular flexibility index (Phi) is 4.57. The summed E-state index contributed by atoms with van der Waals surface area (Å²) in [5.74, 6) is -0.249. The van der Waals surface area contributed by atoms with E-state index in [0.717, 1.165) is 12.2 Å². The molecule has 0 radical (unpaired) electrons. The van der Waals surface area contributed by atoms with Gasteiger partial charge in [0.2, 0.25) is 5.91 Å². The van der Waals surface area contributed by atoms with Gasteiger partial charge in [0.15, 0.2) is 0 Å². The third-order valence-electron chi connectivity index (χ3n) is 4.24. The van der Waals surface area contributed by atoms with Crippen molar-refractivity contribution >= 4 is 28.9 Å². The summed E-state index contributed by atoms with van der Waals surface area (Å²) >= 11 is 1.27. The average molecular weight is 300 g/mol. The van der Waals surface area contributed by atoms with Gasteiger partial charge in [-0.05, 0) is 19.8 Å². The monoisotopic (exact) mass is 300 g/mol. The molecule has 6 nitrogen and oxygen atoms in total. The summed E-state index contributed by atoms with van der Waals surface area (Å²) in [6, 6.07) is -0.309. The van der Waals surface area contributed by atoms with Gasteiger partial charge in [-0.15, -0.1) is 0 Å². The smallest absolute Gasteiger partial charge is 0.311 e. The van der Waals surface area contributed by atoms with Crippen LogP contribution < -0.4 is 5.32 Å². The summed E-state index contributed by atoms with van der Waals surface area (Å²) in [5.41, 5.74) is -0.866. The fourth-order valence-electron chi connectivity index (χ4n) is 2.79. The van der Waals surface area contributed by atoms with Crippen LogP contribution in [0, 0.1) is 5.41 Å². The van der Waals surface area contributed by atoms with Gasteiger partial charge in [-0.3, -0.25) is 14.4 Å². The van der Waals surface area contributed by atoms with E-state index in [2.05, 4.69) is 5.32 Å². The maximum atomic E-state index is 11.9. The van der Waals surface area contributed by atoms with Crippen LogP contribution in [-0.2, 0) is 9.59 Å². The second-order valence-electron chi connectivity index (χ2n) is 5.59. The summed E-state index contributed by atoms with van der Waals surface area (Å²) in [6.45, 7) is 2.79. The predicted octanol–water partition coefficient (Wildman–Crippen LogP) is 1.30. The van der Waals surface area contributed by atoms with E-state index in [1.807, 2.05) is 0 Å². The van der Waals surface area contributed by atoms with Crippen molar-refractivity contribution in [1.82, 2.24) is 10.2 Å². The molecule has 7 heteroatoms. The zero-order valence-corrected chi connectivity index (χ0v) is 12.4. The Labute approximate surface area is 122 Å². The number of aliphatic carboxylic acids is 1. The van der Waals surface area contributed by atoms with Gasteiger partial charge in [0.1, 0.15) is 0 Å². The van der Waals surface area contributed by atoms with E-state index in [9.17, 15) is 19.5 Å². The van der Waals surface area contributed by atoms with E-state index in [4.69, 9.17) is 0 Å². The minimum absolute atomic E-state index is 0.0223. The summed E-state index contributed by atoms with van der Waals surface area (Å²) in [4.78, 5) is 36.3. The minimum Gasteiger partial charge on any atom is -0.481 e. The molecule has 20 heavy (non-hydrogen) atoms. The summed E-state index contributed by atoms with van der Waals surface area (Å²) < 4.78 is 0. The van der Waals surface area contributed by atoms with Gasteiger partial charge in [0.25, 0.3) is 5.24 Å². The fourth-order valence-corrected chi connectivity index (χ4v) is 3.64. The first-order chi connectivity index (χ1) is 9.43. The molecular formula is C13H20N2O4S. The molecule has 1 heterocycles. The van der Waals surface area contributed by atoms with Crippen LogP contribution in [0.2, 0.25) is 0 Å². The lowest BCUT2D eigenvalue weighted by Crippen LogP contribution is -2.47. The molecule has 0 aromatic heterocycles. The quantitative estimate of drug-likeness (QED) is 0.799. The first-order valence-electron chi connectivity index (χ1n) is 6.88. The molecule has 1 aliphatic heterocycles. The van der Waals surface area contributed by atoms with Gasteiger partial charge in [-0.25, -0.2) is 0 Å². The van der Waals surface area contributed by atoms with Gasteiger partial charge < -0.3 is 15.3 Å². The van der Waals surface area contributed by atoms with Crippen molar-refractivity contribution in [2.24, 2.45) is 5.41 Å². The number of carbonyl (C=O) groups excluding carboxylic acids is 2. The largest absolute Gasteiger partial charge is 0.481 e. The molecule has 0 spiro atoms. The number of carboxylic acid groups (broad SMARTS) is 1. The van der Waals surface area contributed by atoms with Crippen molar-refractivity contribution in [3.63, 3.8) is 0 Å². The first-order valence-corrected chi connectivity index (χ1v) is 7.86. The lowest BCUT2D eigenvalue weighted by atomic mass is 9.85. The van der Waals surface area contributed by atoms with Crippen LogP contribution >= 0.6 is 11.8 Å². The van der Waals surface area contributed by atoms with Crippen molar-refractivity contribution in [3.8, 4) is 0 Å². The number of amides is 2. The lowest BCUT2D eigenvalue weighted by molar-refractivity contribution is -0.149. The molecule has 112 valence electrons. The van der Waals surface area contributed by atoms with Crippen LogP contribution in [0.3, 0.4) is 0 Å². The number of carboxylic acids is 1. The molecule has 2 atom stereocenters. The number of rotatable bonds is 5. The summed E-state index contributed by atoms with van der Waals surface area (Å²) in [5, 5.41) is 12.1. The van der Waals surface area contributed by atoms with Crippen molar-refractivity contribution < 1.29 is 19.5 Å². The van der Waals surface area contributed by atoms with Crippen molar-refractivity contribution in [2.45, 2.75) is 38.6 Å². The number of nitrogens with one attached hydrogen (secondary N) is 1. The van der Waals surface area contributed by atoms with Gasteiger partial charge in [-0.2, -0.15) is 0 Å². The third-order valence-corrected chi connectivity index (χ3v) is 5.13. The SMILES string of the molecule is CC1(C(=O)O)CCCC1NC(=O)CCN1CCSC1=O. The van der Waals surface area contributed by atoms with E-state index in [1.54, 1.807) is 11.8 Å². The van der Waals surface area contributed by atoms with Crippen LogP contribution in [0.5, 0.6) is 0 Å². The van der Waals surface area contributed by atoms with Crippen molar-refractivity contribution in [1.29, 1.82) is 0 Å². The lowest BCUT2D eigenvalue weighted by Gasteiger charge is -2.28. The van der Waals surface area contributed by atoms with E-state index >= 15 is 0 Å². The van der Waals surface area contributed by atoms with E-state index < -0.39 is 11.4 Å². The molecule has 2 rings (SSSR count). The second kappa shape index (κ2) is 6.03. The highest BCUT2D eigenvalue weighted by Gasteiger charge is 2.45. The molecule has 0 aromatic rings. The molecule has 2 aliphatic rings. The second-order valence-corrected chi connectivity index (χ2v) is 6.63. The third kappa shape index (κ3) is 3.08. The summed E-state index contributed by atoms with van der Waals surface area (Å²) in [6.07, 6.45) is 2.34. The average Bonchev–Trinajstić information content (AvgIpc) is 2.95. The number of nitrogens with zero attached hydrogens (tertiary/aromatic N) is 1. The van der Waals surface area contributed by atoms with Crippen molar-refractivity contribution in [3.05, 3.63) is 0 Å². The van der Waals surface area contributed by atoms with E-state index in [0.29, 0.717) is 25.9 Å². The summed E-state index contributed by atoms with van der Waals surface area (Å²) in [7, 11) is 0. The van der Waals surface area contributed by atoms with Gasteiger partial charge in [0, 0.05) is 31.3 Å². The molecule has 2 unspecified atom stereocenters. The zero-order chi connectivity index (χ0) is 14.8. The van der Waals surface area contributed by atoms with Crippen LogP contribution in [0.4, 0.5) is 4.79 Å². The van der Waals surface area contributed by atoms with Crippen LogP contribution in [0.1, 0.15) is 32.6 Å². The number of thioether (sulfide) groups is 1. The Hall–Kier alpha value is -1.24. The van der Waals surface area contributed by atoms with Gasteiger partial charge >= 0.3 is 5.97 Å². The Morgan fingerprint density at radius 2 is 2.30 bits per heavy atom. The maximum absolute atomic E-state index is 11.9. The standard InChI is InChI=1S/C13H20N2O4S/c1-13(11(17)18)5-2-3-9(13)14-10(16)4-6-15-7-8-20-12(15)19/h9H,2-8H2,1H3,(H,14,16)(H,17,18). The molecule has 0 aromatic carbocycles. The van der Waals surface area contributed by atoms with Crippen molar-refractivity contribution in [2.75, 3.05) is 18.8 Å². The molecule has 2 N–H and O–H groups in total.